The molecule has 19 heavy (non-hydrogen) atoms. The highest BCUT2D eigenvalue weighted by atomic mass is 79.9. The number of para-hydroxylation sites is 1. The fraction of sp³-hybridized carbons (Fsp3) is 0.250. The number of rotatable bonds is 3. The number of amides is 1. The second-order valence-electron chi connectivity index (χ2n) is 4.25. The second kappa shape index (κ2) is 5.48. The molecule has 0 saturated carbocycles. The number of H-pyrrole nitrogens is 1. The van der Waals surface area contributed by atoms with Gasteiger partial charge in [0, 0.05) is 10.4 Å². The summed E-state index contributed by atoms with van der Waals surface area (Å²) in [5.74, 6) is -0.359. The summed E-state index contributed by atoms with van der Waals surface area (Å²) in [5, 5.41) is 8.92. The van der Waals surface area contributed by atoms with E-state index in [2.05, 4.69) is 36.4 Å². The topological polar surface area (TPSA) is 70.7 Å². The summed E-state index contributed by atoms with van der Waals surface area (Å²) in [6, 6.07) is 4.44. The van der Waals surface area contributed by atoms with E-state index in [-0.39, 0.29) is 17.4 Å². The molecule has 0 aliphatic heterocycles. The summed E-state index contributed by atoms with van der Waals surface area (Å²) in [4.78, 5) is 16.0. The monoisotopic (exact) mass is 326 g/mol. The maximum atomic E-state index is 13.6. The van der Waals surface area contributed by atoms with E-state index in [9.17, 15) is 9.18 Å². The fourth-order valence-corrected chi connectivity index (χ4v) is 1.86. The lowest BCUT2D eigenvalue weighted by molar-refractivity contribution is 0.101. The lowest BCUT2D eigenvalue weighted by atomic mass is 10.2. The van der Waals surface area contributed by atoms with E-state index in [1.165, 1.54) is 6.07 Å². The van der Waals surface area contributed by atoms with Gasteiger partial charge in [0.15, 0.2) is 0 Å². The molecule has 0 unspecified atom stereocenters. The van der Waals surface area contributed by atoms with Crippen molar-refractivity contribution in [1.29, 1.82) is 0 Å². The Morgan fingerprint density at radius 1 is 1.47 bits per heavy atom. The van der Waals surface area contributed by atoms with Crippen molar-refractivity contribution in [1.82, 2.24) is 15.2 Å². The van der Waals surface area contributed by atoms with Crippen molar-refractivity contribution < 1.29 is 9.18 Å². The van der Waals surface area contributed by atoms with Gasteiger partial charge < -0.3 is 5.32 Å². The average Bonchev–Trinajstić information content (AvgIpc) is 2.83. The van der Waals surface area contributed by atoms with E-state index in [1.807, 2.05) is 13.8 Å². The third-order valence-electron chi connectivity index (χ3n) is 2.45. The number of nitrogens with one attached hydrogen (secondary N) is 2. The molecule has 1 aromatic carbocycles. The van der Waals surface area contributed by atoms with E-state index >= 15 is 0 Å². The van der Waals surface area contributed by atoms with Crippen LogP contribution in [-0.4, -0.2) is 21.1 Å². The summed E-state index contributed by atoms with van der Waals surface area (Å²) in [6.45, 7) is 3.85. The number of carbonyl (C=O) groups excluding carboxylic acids is 1. The van der Waals surface area contributed by atoms with E-state index in [1.54, 1.807) is 12.1 Å². The van der Waals surface area contributed by atoms with Crippen LogP contribution in [0, 0.1) is 5.82 Å². The zero-order valence-electron chi connectivity index (χ0n) is 10.4. The largest absolute Gasteiger partial charge is 0.316 e. The Morgan fingerprint density at radius 2 is 2.21 bits per heavy atom. The van der Waals surface area contributed by atoms with Gasteiger partial charge in [0.25, 0.3) is 5.91 Å². The van der Waals surface area contributed by atoms with Gasteiger partial charge in [-0.05, 0) is 28.1 Å². The third-order valence-corrected chi connectivity index (χ3v) is 3.11. The minimum Gasteiger partial charge on any atom is -0.316 e. The Kier molecular flexibility index (Phi) is 3.94. The summed E-state index contributed by atoms with van der Waals surface area (Å²) in [5.41, 5.74) is 0.0726. The predicted molar refractivity (Wildman–Crippen MR) is 72.5 cm³/mol. The highest BCUT2D eigenvalue weighted by molar-refractivity contribution is 9.10. The Labute approximate surface area is 117 Å². The third kappa shape index (κ3) is 2.98. The SMILES string of the molecule is CC(C)c1nc(C(=O)Nc2c(F)cccc2Br)n[nH]1. The highest BCUT2D eigenvalue weighted by Gasteiger charge is 2.17. The van der Waals surface area contributed by atoms with Crippen LogP contribution in [0.3, 0.4) is 0 Å². The molecule has 0 aliphatic carbocycles. The lowest BCUT2D eigenvalue weighted by Crippen LogP contribution is -2.15. The normalized spacial score (nSPS) is 10.8. The predicted octanol–water partition coefficient (Wildman–Crippen LogP) is 3.08. The maximum Gasteiger partial charge on any atom is 0.295 e. The van der Waals surface area contributed by atoms with Gasteiger partial charge in [0.2, 0.25) is 5.82 Å². The first-order chi connectivity index (χ1) is 8.99. The Morgan fingerprint density at radius 3 is 2.79 bits per heavy atom. The molecule has 2 aromatic rings. The van der Waals surface area contributed by atoms with Crippen LogP contribution in [0.2, 0.25) is 0 Å². The zero-order chi connectivity index (χ0) is 14.0. The summed E-state index contributed by atoms with van der Waals surface area (Å²) >= 11 is 3.17. The van der Waals surface area contributed by atoms with Crippen molar-refractivity contribution in [2.75, 3.05) is 5.32 Å². The molecule has 7 heteroatoms. The number of hydrogen-bond donors (Lipinski definition) is 2. The molecule has 5 nitrogen and oxygen atoms in total. The van der Waals surface area contributed by atoms with Gasteiger partial charge >= 0.3 is 0 Å². The second-order valence-corrected chi connectivity index (χ2v) is 5.10. The minimum absolute atomic E-state index is 0.0150. The van der Waals surface area contributed by atoms with Crippen molar-refractivity contribution >= 4 is 27.5 Å². The molecule has 2 rings (SSSR count). The first-order valence-electron chi connectivity index (χ1n) is 5.66. The highest BCUT2D eigenvalue weighted by Crippen LogP contribution is 2.25. The van der Waals surface area contributed by atoms with Crippen LogP contribution in [0.4, 0.5) is 10.1 Å². The van der Waals surface area contributed by atoms with Crippen molar-refractivity contribution in [3.8, 4) is 0 Å². The van der Waals surface area contributed by atoms with Crippen molar-refractivity contribution in [3.63, 3.8) is 0 Å². The minimum atomic E-state index is -0.561. The van der Waals surface area contributed by atoms with E-state index in [0.717, 1.165) is 0 Å². The van der Waals surface area contributed by atoms with Crippen molar-refractivity contribution in [3.05, 3.63) is 40.1 Å². The zero-order valence-corrected chi connectivity index (χ0v) is 12.0. The Bertz CT molecular complexity index is 591. The standard InChI is InChI=1S/C12H12BrFN4O/c1-6(2)10-16-11(18-17-10)12(19)15-9-7(13)4-3-5-8(9)14/h3-6H,1-2H3,(H,15,19)(H,16,17,18). The van der Waals surface area contributed by atoms with Gasteiger partial charge in [-0.15, -0.1) is 5.10 Å². The van der Waals surface area contributed by atoms with Gasteiger partial charge in [0.1, 0.15) is 11.6 Å². The van der Waals surface area contributed by atoms with Gasteiger partial charge in [0.05, 0.1) is 5.69 Å². The summed E-state index contributed by atoms with van der Waals surface area (Å²) in [7, 11) is 0. The van der Waals surface area contributed by atoms with E-state index < -0.39 is 11.7 Å². The number of halogens is 2. The molecule has 0 atom stereocenters. The van der Waals surface area contributed by atoms with Crippen molar-refractivity contribution in [2.45, 2.75) is 19.8 Å². The van der Waals surface area contributed by atoms with Crippen LogP contribution in [0.1, 0.15) is 36.2 Å². The van der Waals surface area contributed by atoms with Gasteiger partial charge in [-0.3, -0.25) is 9.89 Å². The van der Waals surface area contributed by atoms with Crippen LogP contribution in [0.5, 0.6) is 0 Å². The van der Waals surface area contributed by atoms with Crippen LogP contribution >= 0.6 is 15.9 Å². The lowest BCUT2D eigenvalue weighted by Gasteiger charge is -2.06. The van der Waals surface area contributed by atoms with Crippen LogP contribution in [0.25, 0.3) is 0 Å². The van der Waals surface area contributed by atoms with Crippen LogP contribution in [-0.2, 0) is 0 Å². The van der Waals surface area contributed by atoms with Gasteiger partial charge in [-0.25, -0.2) is 9.37 Å². The van der Waals surface area contributed by atoms with E-state index in [0.29, 0.717) is 10.3 Å². The Hall–Kier alpha value is -1.76. The number of carbonyl (C=O) groups is 1. The molecule has 0 fully saturated rings. The van der Waals surface area contributed by atoms with Gasteiger partial charge in [-0.1, -0.05) is 19.9 Å². The first kappa shape index (κ1) is 13.7. The molecule has 1 aromatic heterocycles. The number of aromatic nitrogens is 3. The van der Waals surface area contributed by atoms with Crippen molar-refractivity contribution in [2.24, 2.45) is 0 Å². The number of benzene rings is 1. The van der Waals surface area contributed by atoms with Crippen LogP contribution < -0.4 is 5.32 Å². The quantitative estimate of drug-likeness (QED) is 0.910. The van der Waals surface area contributed by atoms with Gasteiger partial charge in [-0.2, -0.15) is 0 Å². The molecular formula is C12H12BrFN4O. The summed E-state index contributed by atoms with van der Waals surface area (Å²) in [6.07, 6.45) is 0. The maximum absolute atomic E-state index is 13.6. The number of aromatic amines is 1. The molecule has 0 saturated heterocycles. The molecular weight excluding hydrogens is 315 g/mol. The molecule has 100 valence electrons. The number of nitrogens with zero attached hydrogens (tertiary/aromatic N) is 2. The fourth-order valence-electron chi connectivity index (χ4n) is 1.42. The molecule has 0 bridgehead atoms. The molecule has 0 spiro atoms. The molecule has 2 N–H and O–H groups in total. The number of anilines is 1. The molecule has 0 radical (unpaired) electrons. The number of hydrogen-bond acceptors (Lipinski definition) is 3. The van der Waals surface area contributed by atoms with E-state index in [4.69, 9.17) is 0 Å². The van der Waals surface area contributed by atoms with Crippen LogP contribution in [0.15, 0.2) is 22.7 Å². The molecule has 0 aliphatic rings. The molecule has 1 heterocycles. The smallest absolute Gasteiger partial charge is 0.295 e. The molecule has 1 amide bonds. The Balaban J connectivity index is 2.21. The summed E-state index contributed by atoms with van der Waals surface area (Å²) < 4.78 is 14.0. The first-order valence-corrected chi connectivity index (χ1v) is 6.46. The average molecular weight is 327 g/mol.